The van der Waals surface area contributed by atoms with Crippen molar-refractivity contribution in [1.82, 2.24) is 10.2 Å². The van der Waals surface area contributed by atoms with Crippen LogP contribution in [0.1, 0.15) is 46.0 Å². The molecule has 1 N–H and O–H groups in total. The van der Waals surface area contributed by atoms with Gasteiger partial charge in [-0.3, -0.25) is 0 Å². The molecule has 0 aliphatic heterocycles. The number of nitrogens with one attached hydrogen (secondary N) is 1. The van der Waals surface area contributed by atoms with Crippen molar-refractivity contribution in [2.75, 3.05) is 26.2 Å². The van der Waals surface area contributed by atoms with Crippen LogP contribution in [-0.4, -0.2) is 43.3 Å². The summed E-state index contributed by atoms with van der Waals surface area (Å²) in [6.45, 7) is 7.88. The van der Waals surface area contributed by atoms with Crippen LogP contribution >= 0.6 is 0 Å². The van der Waals surface area contributed by atoms with Crippen molar-refractivity contribution < 1.29 is 13.2 Å². The van der Waals surface area contributed by atoms with Gasteiger partial charge in [0.2, 0.25) is 0 Å². The summed E-state index contributed by atoms with van der Waals surface area (Å²) >= 11 is 0. The summed E-state index contributed by atoms with van der Waals surface area (Å²) in [6.07, 6.45) is -0.547. The summed E-state index contributed by atoms with van der Waals surface area (Å²) in [5.41, 5.74) is 0. The van der Waals surface area contributed by atoms with Gasteiger partial charge in [0.1, 0.15) is 0 Å². The molecule has 0 saturated heterocycles. The zero-order valence-electron chi connectivity index (χ0n) is 12.1. The van der Waals surface area contributed by atoms with Gasteiger partial charge in [0, 0.05) is 6.04 Å². The maximum Gasteiger partial charge on any atom is 0.393 e. The Morgan fingerprint density at radius 3 is 2.32 bits per heavy atom. The first-order valence-corrected chi connectivity index (χ1v) is 7.51. The van der Waals surface area contributed by atoms with E-state index < -0.39 is 12.1 Å². The second-order valence-electron chi connectivity index (χ2n) is 5.37. The van der Waals surface area contributed by atoms with Gasteiger partial charge < -0.3 is 10.2 Å². The lowest BCUT2D eigenvalue weighted by Crippen LogP contribution is -2.46. The molecule has 0 radical (unpaired) electrons. The molecular weight excluding hydrogens is 253 g/mol. The van der Waals surface area contributed by atoms with E-state index in [2.05, 4.69) is 24.1 Å². The average molecular weight is 280 g/mol. The minimum Gasteiger partial charge on any atom is -0.313 e. The molecule has 1 aliphatic carbocycles. The van der Waals surface area contributed by atoms with Gasteiger partial charge in [-0.1, -0.05) is 26.7 Å². The fraction of sp³-hybridized carbons (Fsp3) is 1.00. The summed E-state index contributed by atoms with van der Waals surface area (Å²) in [7, 11) is 0. The Bertz CT molecular complexity index is 239. The van der Waals surface area contributed by atoms with Gasteiger partial charge in [0.15, 0.2) is 0 Å². The summed E-state index contributed by atoms with van der Waals surface area (Å²) in [6, 6.07) is -0.370. The third kappa shape index (κ3) is 5.69. The molecule has 0 aromatic rings. The number of halogens is 3. The van der Waals surface area contributed by atoms with Crippen molar-refractivity contribution >= 4 is 0 Å². The Kier molecular flexibility index (Phi) is 7.15. The molecule has 1 aliphatic rings. The minimum absolute atomic E-state index is 0.289. The molecule has 114 valence electrons. The molecule has 1 rings (SSSR count). The largest absolute Gasteiger partial charge is 0.393 e. The maximum absolute atomic E-state index is 12.9. The van der Waals surface area contributed by atoms with E-state index >= 15 is 0 Å². The molecule has 1 fully saturated rings. The van der Waals surface area contributed by atoms with Crippen molar-refractivity contribution in [3.8, 4) is 0 Å². The van der Waals surface area contributed by atoms with Crippen LogP contribution < -0.4 is 5.32 Å². The Hall–Kier alpha value is -0.290. The molecule has 2 unspecified atom stereocenters. The van der Waals surface area contributed by atoms with E-state index in [1.807, 2.05) is 0 Å². The molecule has 1 saturated carbocycles. The van der Waals surface area contributed by atoms with Crippen molar-refractivity contribution in [2.24, 2.45) is 5.92 Å². The number of rotatable bonds is 7. The predicted molar refractivity (Wildman–Crippen MR) is 72.2 cm³/mol. The van der Waals surface area contributed by atoms with E-state index in [1.54, 1.807) is 0 Å². The number of alkyl halides is 3. The van der Waals surface area contributed by atoms with Gasteiger partial charge in [-0.05, 0) is 45.4 Å². The highest BCUT2D eigenvalue weighted by Gasteiger charge is 2.45. The summed E-state index contributed by atoms with van der Waals surface area (Å²) < 4.78 is 38.7. The van der Waals surface area contributed by atoms with Gasteiger partial charge in [-0.2, -0.15) is 13.2 Å². The van der Waals surface area contributed by atoms with E-state index in [0.717, 1.165) is 32.5 Å². The SMILES string of the molecule is CCN(CC)CCCNC1CCCCC1C(F)(F)F. The van der Waals surface area contributed by atoms with E-state index in [-0.39, 0.29) is 12.5 Å². The molecule has 19 heavy (non-hydrogen) atoms. The molecule has 0 aromatic heterocycles. The first kappa shape index (κ1) is 16.8. The van der Waals surface area contributed by atoms with Gasteiger partial charge in [0.05, 0.1) is 5.92 Å². The first-order chi connectivity index (χ1) is 8.99. The number of hydrogen-bond acceptors (Lipinski definition) is 2. The molecule has 0 amide bonds. The van der Waals surface area contributed by atoms with Gasteiger partial charge in [-0.15, -0.1) is 0 Å². The Morgan fingerprint density at radius 1 is 1.11 bits per heavy atom. The van der Waals surface area contributed by atoms with E-state index in [4.69, 9.17) is 0 Å². The molecule has 5 heteroatoms. The summed E-state index contributed by atoms with van der Waals surface area (Å²) in [4.78, 5) is 2.30. The third-order valence-electron chi connectivity index (χ3n) is 4.14. The summed E-state index contributed by atoms with van der Waals surface area (Å²) in [5.74, 6) is -1.14. The van der Waals surface area contributed by atoms with Crippen molar-refractivity contribution in [1.29, 1.82) is 0 Å². The van der Waals surface area contributed by atoms with Crippen LogP contribution in [0.15, 0.2) is 0 Å². The lowest BCUT2D eigenvalue weighted by atomic mass is 9.84. The highest BCUT2D eigenvalue weighted by molar-refractivity contribution is 4.85. The monoisotopic (exact) mass is 280 g/mol. The highest BCUT2D eigenvalue weighted by atomic mass is 19.4. The van der Waals surface area contributed by atoms with Crippen molar-refractivity contribution in [2.45, 2.75) is 58.2 Å². The topological polar surface area (TPSA) is 15.3 Å². The smallest absolute Gasteiger partial charge is 0.313 e. The fourth-order valence-corrected chi connectivity index (χ4v) is 2.90. The molecule has 0 bridgehead atoms. The summed E-state index contributed by atoms with van der Waals surface area (Å²) in [5, 5.41) is 3.14. The van der Waals surface area contributed by atoms with Gasteiger partial charge >= 0.3 is 6.18 Å². The zero-order valence-corrected chi connectivity index (χ0v) is 12.1. The second kappa shape index (κ2) is 8.10. The lowest BCUT2D eigenvalue weighted by molar-refractivity contribution is -0.188. The van der Waals surface area contributed by atoms with Gasteiger partial charge in [-0.25, -0.2) is 0 Å². The Morgan fingerprint density at radius 2 is 1.74 bits per heavy atom. The fourth-order valence-electron chi connectivity index (χ4n) is 2.90. The Balaban J connectivity index is 2.30. The highest BCUT2D eigenvalue weighted by Crippen LogP contribution is 2.37. The van der Waals surface area contributed by atoms with Crippen LogP contribution in [0.5, 0.6) is 0 Å². The second-order valence-corrected chi connectivity index (χ2v) is 5.37. The quantitative estimate of drug-likeness (QED) is 0.719. The van der Waals surface area contributed by atoms with Crippen LogP contribution in [-0.2, 0) is 0 Å². The third-order valence-corrected chi connectivity index (χ3v) is 4.14. The molecule has 0 aromatic carbocycles. The zero-order chi connectivity index (χ0) is 14.3. The van der Waals surface area contributed by atoms with Crippen LogP contribution in [0.25, 0.3) is 0 Å². The van der Waals surface area contributed by atoms with E-state index in [1.165, 1.54) is 0 Å². The van der Waals surface area contributed by atoms with Crippen molar-refractivity contribution in [3.63, 3.8) is 0 Å². The molecule has 2 nitrogen and oxygen atoms in total. The van der Waals surface area contributed by atoms with E-state index in [9.17, 15) is 13.2 Å². The normalized spacial score (nSPS) is 24.9. The molecular formula is C14H27F3N2. The van der Waals surface area contributed by atoms with Crippen LogP contribution in [0.4, 0.5) is 13.2 Å². The standard InChI is InChI=1S/C14H27F3N2/c1-3-19(4-2)11-7-10-18-13-9-6-5-8-12(13)14(15,16)17/h12-13,18H,3-11H2,1-2H3. The number of hydrogen-bond donors (Lipinski definition) is 1. The predicted octanol–water partition coefficient (Wildman–Crippen LogP) is 3.43. The van der Waals surface area contributed by atoms with Crippen LogP contribution in [0, 0.1) is 5.92 Å². The molecule has 2 atom stereocenters. The van der Waals surface area contributed by atoms with Crippen LogP contribution in [0.2, 0.25) is 0 Å². The van der Waals surface area contributed by atoms with Crippen LogP contribution in [0.3, 0.4) is 0 Å². The van der Waals surface area contributed by atoms with Gasteiger partial charge in [0.25, 0.3) is 0 Å². The Labute approximate surface area is 114 Å². The molecule has 0 spiro atoms. The lowest BCUT2D eigenvalue weighted by Gasteiger charge is -2.33. The maximum atomic E-state index is 12.9. The average Bonchev–Trinajstić information content (AvgIpc) is 2.38. The number of nitrogens with zero attached hydrogens (tertiary/aromatic N) is 1. The minimum atomic E-state index is -4.04. The van der Waals surface area contributed by atoms with E-state index in [0.29, 0.717) is 19.4 Å². The molecule has 0 heterocycles. The first-order valence-electron chi connectivity index (χ1n) is 7.51. The van der Waals surface area contributed by atoms with Crippen molar-refractivity contribution in [3.05, 3.63) is 0 Å².